The normalized spacial score (nSPS) is 22.0. The molecule has 2 aromatic rings. The molecule has 0 aromatic heterocycles. The van der Waals surface area contributed by atoms with Gasteiger partial charge in [-0.3, -0.25) is 0 Å². The van der Waals surface area contributed by atoms with E-state index in [2.05, 4.69) is 82.8 Å². The molecule has 0 radical (unpaired) electrons. The lowest BCUT2D eigenvalue weighted by atomic mass is 9.99. The smallest absolute Gasteiger partial charge is 0.0175 e. The van der Waals surface area contributed by atoms with Gasteiger partial charge in [0.25, 0.3) is 0 Å². The van der Waals surface area contributed by atoms with Gasteiger partial charge in [-0.15, -0.1) is 0 Å². The van der Waals surface area contributed by atoms with Crippen molar-refractivity contribution in [2.75, 3.05) is 6.54 Å². The van der Waals surface area contributed by atoms with Crippen molar-refractivity contribution < 1.29 is 0 Å². The number of halogens is 1. The summed E-state index contributed by atoms with van der Waals surface area (Å²) < 4.78 is 1.15. The molecular weight excluding hydrogens is 322 g/mol. The van der Waals surface area contributed by atoms with Crippen LogP contribution in [0.15, 0.2) is 59.1 Å². The molecule has 1 fully saturated rings. The van der Waals surface area contributed by atoms with Crippen molar-refractivity contribution >= 4 is 15.9 Å². The van der Waals surface area contributed by atoms with Crippen LogP contribution in [0.2, 0.25) is 0 Å². The van der Waals surface area contributed by atoms with Crippen LogP contribution in [0.25, 0.3) is 0 Å². The summed E-state index contributed by atoms with van der Waals surface area (Å²) in [5.74, 6) is 1.52. The number of nitrogens with one attached hydrogen (secondary N) is 1. The Hall–Kier alpha value is -1.12. The molecule has 1 nitrogen and oxygen atoms in total. The molecule has 0 aliphatic heterocycles. The Morgan fingerprint density at radius 3 is 2.48 bits per heavy atom. The third-order valence-electron chi connectivity index (χ3n) is 4.42. The Balaban J connectivity index is 1.67. The van der Waals surface area contributed by atoms with Gasteiger partial charge in [-0.05, 0) is 54.5 Å². The van der Waals surface area contributed by atoms with Crippen LogP contribution in [0.1, 0.15) is 30.4 Å². The standard InChI is InChI=1S/C19H22BrN/c1-2-21-19(12-14-8-10-16(20)11-9-14)18-13-17(18)15-6-4-3-5-7-15/h3-11,17-19,21H,2,12-13H2,1H3. The fourth-order valence-corrected chi connectivity index (χ4v) is 3.52. The van der Waals surface area contributed by atoms with Crippen molar-refractivity contribution in [1.82, 2.24) is 5.32 Å². The maximum Gasteiger partial charge on any atom is 0.0175 e. The predicted molar refractivity (Wildman–Crippen MR) is 92.6 cm³/mol. The zero-order chi connectivity index (χ0) is 14.7. The predicted octanol–water partition coefficient (Wildman–Crippen LogP) is 4.77. The minimum atomic E-state index is 0.585. The van der Waals surface area contributed by atoms with E-state index in [9.17, 15) is 0 Å². The summed E-state index contributed by atoms with van der Waals surface area (Å²) in [5.41, 5.74) is 2.92. The van der Waals surface area contributed by atoms with Crippen molar-refractivity contribution in [3.63, 3.8) is 0 Å². The minimum absolute atomic E-state index is 0.585. The highest BCUT2D eigenvalue weighted by Crippen LogP contribution is 2.50. The van der Waals surface area contributed by atoms with Gasteiger partial charge in [-0.1, -0.05) is 65.3 Å². The van der Waals surface area contributed by atoms with Gasteiger partial charge in [0.15, 0.2) is 0 Å². The van der Waals surface area contributed by atoms with E-state index in [4.69, 9.17) is 0 Å². The second-order valence-electron chi connectivity index (χ2n) is 5.91. The van der Waals surface area contributed by atoms with E-state index in [-0.39, 0.29) is 0 Å². The number of rotatable bonds is 6. The molecule has 0 bridgehead atoms. The van der Waals surface area contributed by atoms with Crippen molar-refractivity contribution in [3.8, 4) is 0 Å². The first-order valence-corrected chi connectivity index (χ1v) is 8.60. The van der Waals surface area contributed by atoms with Crippen LogP contribution < -0.4 is 5.32 Å². The SMILES string of the molecule is CCNC(Cc1ccc(Br)cc1)C1CC1c1ccccc1. The summed E-state index contributed by atoms with van der Waals surface area (Å²) in [4.78, 5) is 0. The Labute approximate surface area is 135 Å². The summed E-state index contributed by atoms with van der Waals surface area (Å²) in [6.07, 6.45) is 2.44. The fraction of sp³-hybridized carbons (Fsp3) is 0.368. The second kappa shape index (κ2) is 6.76. The van der Waals surface area contributed by atoms with Gasteiger partial charge in [0.05, 0.1) is 0 Å². The topological polar surface area (TPSA) is 12.0 Å². The minimum Gasteiger partial charge on any atom is -0.314 e. The van der Waals surface area contributed by atoms with E-state index in [0.29, 0.717) is 6.04 Å². The van der Waals surface area contributed by atoms with Gasteiger partial charge in [0.1, 0.15) is 0 Å². The molecule has 3 unspecified atom stereocenters. The lowest BCUT2D eigenvalue weighted by Crippen LogP contribution is -2.33. The van der Waals surface area contributed by atoms with Gasteiger partial charge in [-0.25, -0.2) is 0 Å². The molecule has 0 saturated heterocycles. The van der Waals surface area contributed by atoms with Gasteiger partial charge in [-0.2, -0.15) is 0 Å². The third-order valence-corrected chi connectivity index (χ3v) is 4.95. The quantitative estimate of drug-likeness (QED) is 0.796. The largest absolute Gasteiger partial charge is 0.314 e. The lowest BCUT2D eigenvalue weighted by Gasteiger charge is -2.18. The summed E-state index contributed by atoms with van der Waals surface area (Å²) in [6.45, 7) is 3.24. The molecule has 2 heteroatoms. The van der Waals surface area contributed by atoms with E-state index in [1.165, 1.54) is 17.5 Å². The lowest BCUT2D eigenvalue weighted by molar-refractivity contribution is 0.464. The molecule has 3 rings (SSSR count). The molecule has 0 amide bonds. The summed E-state index contributed by atoms with van der Waals surface area (Å²) >= 11 is 3.51. The van der Waals surface area contributed by atoms with Crippen LogP contribution >= 0.6 is 15.9 Å². The van der Waals surface area contributed by atoms with Gasteiger partial charge in [0.2, 0.25) is 0 Å². The molecular formula is C19H22BrN. The number of benzene rings is 2. The Kier molecular flexibility index (Phi) is 4.77. The maximum atomic E-state index is 3.70. The van der Waals surface area contributed by atoms with E-state index >= 15 is 0 Å². The van der Waals surface area contributed by atoms with Crippen LogP contribution in [0.3, 0.4) is 0 Å². The van der Waals surface area contributed by atoms with Crippen LogP contribution in [0.5, 0.6) is 0 Å². The zero-order valence-corrected chi connectivity index (χ0v) is 14.0. The first-order chi connectivity index (χ1) is 10.3. The number of hydrogen-bond acceptors (Lipinski definition) is 1. The molecule has 0 heterocycles. The van der Waals surface area contributed by atoms with E-state index in [1.54, 1.807) is 0 Å². The molecule has 21 heavy (non-hydrogen) atoms. The molecule has 1 aliphatic rings. The maximum absolute atomic E-state index is 3.70. The molecule has 1 N–H and O–H groups in total. The monoisotopic (exact) mass is 343 g/mol. The van der Waals surface area contributed by atoms with E-state index in [0.717, 1.165) is 29.3 Å². The van der Waals surface area contributed by atoms with Gasteiger partial charge in [0, 0.05) is 10.5 Å². The van der Waals surface area contributed by atoms with Crippen molar-refractivity contribution in [1.29, 1.82) is 0 Å². The molecule has 3 atom stereocenters. The first-order valence-electron chi connectivity index (χ1n) is 7.80. The number of likely N-dealkylation sites (N-methyl/N-ethyl adjacent to an activating group) is 1. The van der Waals surface area contributed by atoms with Crippen molar-refractivity contribution in [3.05, 3.63) is 70.2 Å². The van der Waals surface area contributed by atoms with Crippen molar-refractivity contribution in [2.24, 2.45) is 5.92 Å². The highest BCUT2D eigenvalue weighted by molar-refractivity contribution is 9.10. The molecule has 0 spiro atoms. The molecule has 2 aromatic carbocycles. The first kappa shape index (κ1) is 14.8. The molecule has 1 saturated carbocycles. The molecule has 110 valence electrons. The van der Waals surface area contributed by atoms with Gasteiger partial charge >= 0.3 is 0 Å². The fourth-order valence-electron chi connectivity index (χ4n) is 3.25. The van der Waals surface area contributed by atoms with Crippen molar-refractivity contribution in [2.45, 2.75) is 31.7 Å². The third kappa shape index (κ3) is 3.75. The average Bonchev–Trinajstić information content (AvgIpc) is 3.30. The number of hydrogen-bond donors (Lipinski definition) is 1. The molecule has 1 aliphatic carbocycles. The van der Waals surface area contributed by atoms with Crippen LogP contribution in [-0.2, 0) is 6.42 Å². The highest BCUT2D eigenvalue weighted by atomic mass is 79.9. The summed E-state index contributed by atoms with van der Waals surface area (Å²) in [5, 5.41) is 3.70. The Bertz CT molecular complexity index is 564. The highest BCUT2D eigenvalue weighted by Gasteiger charge is 2.43. The average molecular weight is 344 g/mol. The Morgan fingerprint density at radius 1 is 1.10 bits per heavy atom. The Morgan fingerprint density at radius 2 is 1.81 bits per heavy atom. The zero-order valence-electron chi connectivity index (χ0n) is 12.4. The van der Waals surface area contributed by atoms with Crippen LogP contribution in [0.4, 0.5) is 0 Å². The summed E-state index contributed by atoms with van der Waals surface area (Å²) in [6, 6.07) is 20.3. The van der Waals surface area contributed by atoms with E-state index in [1.807, 2.05) is 0 Å². The van der Waals surface area contributed by atoms with Crippen LogP contribution in [0, 0.1) is 5.92 Å². The van der Waals surface area contributed by atoms with Gasteiger partial charge < -0.3 is 5.32 Å². The second-order valence-corrected chi connectivity index (χ2v) is 6.83. The van der Waals surface area contributed by atoms with Crippen LogP contribution in [-0.4, -0.2) is 12.6 Å². The summed E-state index contributed by atoms with van der Waals surface area (Å²) in [7, 11) is 0. The van der Waals surface area contributed by atoms with E-state index < -0.39 is 0 Å².